The van der Waals surface area contributed by atoms with Crippen molar-refractivity contribution in [2.75, 3.05) is 19.8 Å². The highest BCUT2D eigenvalue weighted by atomic mass is 19.1. The van der Waals surface area contributed by atoms with E-state index in [1.165, 1.54) is 12.1 Å². The molecule has 0 aliphatic rings. The topological polar surface area (TPSA) is 21.3 Å². The third-order valence-corrected chi connectivity index (χ3v) is 2.96. The summed E-state index contributed by atoms with van der Waals surface area (Å²) in [4.78, 5) is 0. The number of benzene rings is 1. The molecule has 0 saturated carbocycles. The van der Waals surface area contributed by atoms with Crippen molar-refractivity contribution in [2.45, 2.75) is 39.2 Å². The molecule has 1 aromatic rings. The zero-order valence-electron chi connectivity index (χ0n) is 11.7. The van der Waals surface area contributed by atoms with E-state index in [0.29, 0.717) is 18.8 Å². The summed E-state index contributed by atoms with van der Waals surface area (Å²) >= 11 is 0. The third kappa shape index (κ3) is 5.66. The van der Waals surface area contributed by atoms with E-state index in [2.05, 4.69) is 12.2 Å². The molecule has 1 rings (SSSR count). The van der Waals surface area contributed by atoms with Crippen LogP contribution in [0.25, 0.3) is 0 Å². The van der Waals surface area contributed by atoms with Gasteiger partial charge in [-0.05, 0) is 38.8 Å². The smallest absolute Gasteiger partial charge is 0.130 e. The van der Waals surface area contributed by atoms with Crippen LogP contribution in [0.15, 0.2) is 18.2 Å². The molecule has 0 spiro atoms. The van der Waals surface area contributed by atoms with Gasteiger partial charge >= 0.3 is 0 Å². The molecule has 0 amide bonds. The number of ether oxygens (including phenoxy) is 1. The Morgan fingerprint density at radius 3 is 2.68 bits per heavy atom. The lowest BCUT2D eigenvalue weighted by Gasteiger charge is -2.19. The van der Waals surface area contributed by atoms with Crippen LogP contribution in [0, 0.1) is 11.6 Å². The molecular formula is C15H23F2NO. The Labute approximate surface area is 114 Å². The largest absolute Gasteiger partial charge is 0.382 e. The van der Waals surface area contributed by atoms with Gasteiger partial charge in [0.1, 0.15) is 11.6 Å². The Balaban J connectivity index is 2.66. The summed E-state index contributed by atoms with van der Waals surface area (Å²) < 4.78 is 32.0. The summed E-state index contributed by atoms with van der Waals surface area (Å²) in [6.07, 6.45) is 2.61. The fourth-order valence-electron chi connectivity index (χ4n) is 2.00. The number of nitrogens with one attached hydrogen (secondary N) is 1. The average molecular weight is 271 g/mol. The van der Waals surface area contributed by atoms with Gasteiger partial charge in [-0.25, -0.2) is 8.78 Å². The number of halogens is 2. The van der Waals surface area contributed by atoms with Crippen LogP contribution in [-0.2, 0) is 4.74 Å². The van der Waals surface area contributed by atoms with Crippen LogP contribution >= 0.6 is 0 Å². The lowest BCUT2D eigenvalue weighted by Crippen LogP contribution is -2.23. The lowest BCUT2D eigenvalue weighted by atomic mass is 10.0. The van der Waals surface area contributed by atoms with Gasteiger partial charge in [0.25, 0.3) is 0 Å². The fraction of sp³-hybridized carbons (Fsp3) is 0.600. The van der Waals surface area contributed by atoms with Gasteiger partial charge in [-0.15, -0.1) is 0 Å². The Hall–Kier alpha value is -1.00. The summed E-state index contributed by atoms with van der Waals surface area (Å²) in [5, 5.41) is 3.30. The van der Waals surface area contributed by atoms with Gasteiger partial charge in [0.05, 0.1) is 0 Å². The molecule has 1 N–H and O–H groups in total. The first-order valence-corrected chi connectivity index (χ1v) is 6.95. The van der Waals surface area contributed by atoms with Crippen LogP contribution in [0.4, 0.5) is 8.78 Å². The minimum absolute atomic E-state index is 0.0824. The van der Waals surface area contributed by atoms with Gasteiger partial charge in [-0.2, -0.15) is 0 Å². The normalized spacial score (nSPS) is 12.6. The molecule has 1 atom stereocenters. The number of hydrogen-bond donors (Lipinski definition) is 1. The zero-order valence-corrected chi connectivity index (χ0v) is 11.7. The highest BCUT2D eigenvalue weighted by Crippen LogP contribution is 2.22. The molecule has 0 saturated heterocycles. The molecule has 1 unspecified atom stereocenters. The van der Waals surface area contributed by atoms with Crippen molar-refractivity contribution < 1.29 is 13.5 Å². The van der Waals surface area contributed by atoms with E-state index in [4.69, 9.17) is 4.74 Å². The maximum Gasteiger partial charge on any atom is 0.130 e. The molecule has 0 radical (unpaired) electrons. The van der Waals surface area contributed by atoms with E-state index >= 15 is 0 Å². The molecular weight excluding hydrogens is 248 g/mol. The fourth-order valence-corrected chi connectivity index (χ4v) is 2.00. The van der Waals surface area contributed by atoms with Crippen molar-refractivity contribution in [3.05, 3.63) is 35.4 Å². The maximum absolute atomic E-state index is 13.8. The third-order valence-electron chi connectivity index (χ3n) is 2.96. The minimum Gasteiger partial charge on any atom is -0.382 e. The second-order valence-electron chi connectivity index (χ2n) is 4.51. The van der Waals surface area contributed by atoms with E-state index in [1.54, 1.807) is 0 Å². The first-order chi connectivity index (χ1) is 9.19. The van der Waals surface area contributed by atoms with Crippen molar-refractivity contribution in [3.8, 4) is 0 Å². The Kier molecular flexibility index (Phi) is 7.60. The molecule has 0 bridgehead atoms. The predicted octanol–water partition coefficient (Wildman–Crippen LogP) is 3.82. The van der Waals surface area contributed by atoms with Crippen LogP contribution in [0.2, 0.25) is 0 Å². The van der Waals surface area contributed by atoms with E-state index < -0.39 is 11.6 Å². The van der Waals surface area contributed by atoms with Crippen molar-refractivity contribution in [1.82, 2.24) is 5.32 Å². The van der Waals surface area contributed by atoms with Crippen LogP contribution in [0.3, 0.4) is 0 Å². The van der Waals surface area contributed by atoms with Gasteiger partial charge < -0.3 is 10.1 Å². The van der Waals surface area contributed by atoms with Gasteiger partial charge in [0, 0.05) is 30.9 Å². The Morgan fingerprint density at radius 2 is 2.05 bits per heavy atom. The highest BCUT2D eigenvalue weighted by Gasteiger charge is 2.15. The molecule has 19 heavy (non-hydrogen) atoms. The van der Waals surface area contributed by atoms with Gasteiger partial charge in [0.2, 0.25) is 0 Å². The molecule has 0 aromatic heterocycles. The van der Waals surface area contributed by atoms with Crippen LogP contribution < -0.4 is 5.32 Å². The standard InChI is InChI=1S/C15H23F2NO/c1-3-9-18-15(6-5-10-19-4-2)13-8-7-12(16)11-14(13)17/h7-8,11,15,18H,3-6,9-10H2,1-2H3. The summed E-state index contributed by atoms with van der Waals surface area (Å²) in [6, 6.07) is 3.69. The predicted molar refractivity (Wildman–Crippen MR) is 73.1 cm³/mol. The van der Waals surface area contributed by atoms with Gasteiger partial charge in [0.15, 0.2) is 0 Å². The quantitative estimate of drug-likeness (QED) is 0.689. The molecule has 2 nitrogen and oxygen atoms in total. The minimum atomic E-state index is -0.537. The van der Waals surface area contributed by atoms with Crippen molar-refractivity contribution >= 4 is 0 Å². The number of rotatable bonds is 9. The molecule has 0 aliphatic heterocycles. The van der Waals surface area contributed by atoms with Crippen molar-refractivity contribution in [3.63, 3.8) is 0 Å². The second-order valence-corrected chi connectivity index (χ2v) is 4.51. The van der Waals surface area contributed by atoms with Crippen LogP contribution in [-0.4, -0.2) is 19.8 Å². The van der Waals surface area contributed by atoms with E-state index in [1.807, 2.05) is 6.92 Å². The van der Waals surface area contributed by atoms with Gasteiger partial charge in [-0.1, -0.05) is 13.0 Å². The zero-order chi connectivity index (χ0) is 14.1. The maximum atomic E-state index is 13.8. The SMILES string of the molecule is CCCNC(CCCOCC)c1ccc(F)cc1F. The molecule has 4 heteroatoms. The van der Waals surface area contributed by atoms with E-state index in [9.17, 15) is 8.78 Å². The summed E-state index contributed by atoms with van der Waals surface area (Å²) in [5.41, 5.74) is 0.534. The van der Waals surface area contributed by atoms with Crippen molar-refractivity contribution in [1.29, 1.82) is 0 Å². The molecule has 0 aliphatic carbocycles. The second kappa shape index (κ2) is 8.99. The van der Waals surface area contributed by atoms with E-state index in [-0.39, 0.29) is 6.04 Å². The highest BCUT2D eigenvalue weighted by molar-refractivity contribution is 5.22. The average Bonchev–Trinajstić information content (AvgIpc) is 2.39. The lowest BCUT2D eigenvalue weighted by molar-refractivity contribution is 0.140. The molecule has 0 heterocycles. The Bertz CT molecular complexity index is 371. The number of hydrogen-bond acceptors (Lipinski definition) is 2. The monoisotopic (exact) mass is 271 g/mol. The summed E-state index contributed by atoms with van der Waals surface area (Å²) in [5.74, 6) is -1.02. The summed E-state index contributed by atoms with van der Waals surface area (Å²) in [7, 11) is 0. The van der Waals surface area contributed by atoms with E-state index in [0.717, 1.165) is 31.9 Å². The Morgan fingerprint density at radius 1 is 1.26 bits per heavy atom. The van der Waals surface area contributed by atoms with Crippen LogP contribution in [0.1, 0.15) is 44.7 Å². The molecule has 108 valence electrons. The molecule has 0 fully saturated rings. The van der Waals surface area contributed by atoms with Gasteiger partial charge in [-0.3, -0.25) is 0 Å². The van der Waals surface area contributed by atoms with Crippen molar-refractivity contribution in [2.24, 2.45) is 0 Å². The van der Waals surface area contributed by atoms with Crippen LogP contribution in [0.5, 0.6) is 0 Å². The summed E-state index contributed by atoms with van der Waals surface area (Å²) in [6.45, 7) is 6.19. The first-order valence-electron chi connectivity index (χ1n) is 6.95. The first kappa shape index (κ1) is 16.1. The molecule has 1 aromatic carbocycles.